The number of para-hydroxylation sites is 4. The van der Waals surface area contributed by atoms with Gasteiger partial charge in [0.1, 0.15) is 18.2 Å². The normalized spacial score (nSPS) is 14.8. The summed E-state index contributed by atoms with van der Waals surface area (Å²) in [7, 11) is 1.96. The highest BCUT2D eigenvalue weighted by atomic mass is 16.5. The topological polar surface area (TPSA) is 57.2 Å². The summed E-state index contributed by atoms with van der Waals surface area (Å²) >= 11 is 0. The van der Waals surface area contributed by atoms with E-state index in [0.29, 0.717) is 19.2 Å². The molecule has 1 aliphatic heterocycles. The predicted molar refractivity (Wildman–Crippen MR) is 150 cm³/mol. The fourth-order valence-electron chi connectivity index (χ4n) is 5.63. The van der Waals surface area contributed by atoms with E-state index in [4.69, 9.17) is 9.72 Å². The maximum atomic E-state index is 13.4. The van der Waals surface area contributed by atoms with Crippen molar-refractivity contribution >= 4 is 11.0 Å². The third kappa shape index (κ3) is 4.54. The Hall–Kier alpha value is -4.10. The van der Waals surface area contributed by atoms with E-state index in [-0.39, 0.29) is 5.56 Å². The molecule has 3 aromatic carbocycles. The molecule has 2 aromatic heterocycles. The highest BCUT2D eigenvalue weighted by molar-refractivity contribution is 5.76. The van der Waals surface area contributed by atoms with Gasteiger partial charge in [-0.1, -0.05) is 48.5 Å². The van der Waals surface area contributed by atoms with Gasteiger partial charge in [0.2, 0.25) is 0 Å². The van der Waals surface area contributed by atoms with Crippen LogP contribution in [0.15, 0.2) is 89.7 Å². The fourth-order valence-corrected chi connectivity index (χ4v) is 5.63. The van der Waals surface area contributed by atoms with Gasteiger partial charge in [-0.3, -0.25) is 14.4 Å². The minimum atomic E-state index is 0.0688. The molecule has 0 unspecified atom stereocenters. The van der Waals surface area contributed by atoms with Crippen LogP contribution in [0.5, 0.6) is 5.75 Å². The van der Waals surface area contributed by atoms with Crippen molar-refractivity contribution in [3.05, 3.63) is 112 Å². The third-order valence-electron chi connectivity index (χ3n) is 7.76. The van der Waals surface area contributed by atoms with Gasteiger partial charge in [-0.05, 0) is 56.2 Å². The Bertz CT molecular complexity index is 1590. The Kier molecular flexibility index (Phi) is 6.60. The van der Waals surface area contributed by atoms with E-state index in [1.165, 1.54) is 0 Å². The first-order chi connectivity index (χ1) is 18.6. The SMILES string of the molecule is Cc1c(CN2CCC(n3c(COc4ccccc4)nc4ccccc43)CC2)c(=O)n(-c2ccccc2)n1C. The van der Waals surface area contributed by atoms with Gasteiger partial charge in [-0.15, -0.1) is 0 Å². The lowest BCUT2D eigenvalue weighted by Crippen LogP contribution is -2.36. The second-order valence-corrected chi connectivity index (χ2v) is 10.0. The van der Waals surface area contributed by atoms with E-state index >= 15 is 0 Å². The number of ether oxygens (including phenoxy) is 1. The highest BCUT2D eigenvalue weighted by Crippen LogP contribution is 2.30. The molecule has 0 N–H and O–H groups in total. The van der Waals surface area contributed by atoms with Crippen molar-refractivity contribution in [2.45, 2.75) is 39.0 Å². The standard InChI is InChI=1S/C31H33N5O2/c1-23-27(31(37)36(33(23)2)25-11-5-3-6-12-25)21-34-19-17-24(18-20-34)35-29-16-10-9-15-28(29)32-30(35)22-38-26-13-7-4-8-14-26/h3-16,24H,17-22H2,1-2H3. The number of aromatic nitrogens is 4. The maximum Gasteiger partial charge on any atom is 0.276 e. The molecule has 0 saturated carbocycles. The molecule has 38 heavy (non-hydrogen) atoms. The minimum absolute atomic E-state index is 0.0688. The van der Waals surface area contributed by atoms with Gasteiger partial charge in [0, 0.05) is 38.4 Å². The second kappa shape index (κ2) is 10.3. The zero-order valence-corrected chi connectivity index (χ0v) is 22.0. The number of hydrogen-bond acceptors (Lipinski definition) is 4. The Balaban J connectivity index is 1.20. The molecule has 0 bridgehead atoms. The summed E-state index contributed by atoms with van der Waals surface area (Å²) in [5, 5.41) is 0. The Morgan fingerprint density at radius 1 is 0.895 bits per heavy atom. The molecule has 0 spiro atoms. The summed E-state index contributed by atoms with van der Waals surface area (Å²) in [6.45, 7) is 4.99. The number of nitrogens with zero attached hydrogens (tertiary/aromatic N) is 5. The van der Waals surface area contributed by atoms with Crippen LogP contribution in [-0.2, 0) is 20.2 Å². The number of benzene rings is 3. The zero-order chi connectivity index (χ0) is 26.1. The molecular weight excluding hydrogens is 474 g/mol. The second-order valence-electron chi connectivity index (χ2n) is 10.0. The molecular formula is C31H33N5O2. The molecule has 5 aromatic rings. The quantitative estimate of drug-likeness (QED) is 0.302. The van der Waals surface area contributed by atoms with Crippen LogP contribution in [-0.4, -0.2) is 36.9 Å². The Morgan fingerprint density at radius 2 is 1.55 bits per heavy atom. The van der Waals surface area contributed by atoms with E-state index < -0.39 is 0 Å². The predicted octanol–water partition coefficient (Wildman–Crippen LogP) is 5.25. The molecule has 194 valence electrons. The molecule has 6 rings (SSSR count). The number of fused-ring (bicyclic) bond motifs is 1. The van der Waals surface area contributed by atoms with Crippen LogP contribution >= 0.6 is 0 Å². The number of likely N-dealkylation sites (tertiary alicyclic amines) is 1. The first-order valence-electron chi connectivity index (χ1n) is 13.3. The maximum absolute atomic E-state index is 13.4. The van der Waals surface area contributed by atoms with Crippen LogP contribution in [0.2, 0.25) is 0 Å². The molecule has 1 fully saturated rings. The summed E-state index contributed by atoms with van der Waals surface area (Å²) < 4.78 is 12.2. The molecule has 1 aliphatic rings. The smallest absolute Gasteiger partial charge is 0.276 e. The summed E-state index contributed by atoms with van der Waals surface area (Å²) in [4.78, 5) is 20.7. The number of imidazole rings is 1. The summed E-state index contributed by atoms with van der Waals surface area (Å²) in [6, 6.07) is 28.4. The average molecular weight is 508 g/mol. The number of rotatable bonds is 7. The van der Waals surface area contributed by atoms with Crippen molar-refractivity contribution in [1.82, 2.24) is 23.8 Å². The van der Waals surface area contributed by atoms with Gasteiger partial charge in [-0.25, -0.2) is 9.67 Å². The van der Waals surface area contributed by atoms with Crippen molar-refractivity contribution < 1.29 is 4.74 Å². The van der Waals surface area contributed by atoms with E-state index in [0.717, 1.165) is 65.5 Å². The van der Waals surface area contributed by atoms with Crippen molar-refractivity contribution in [3.63, 3.8) is 0 Å². The van der Waals surface area contributed by atoms with Gasteiger partial charge >= 0.3 is 0 Å². The molecule has 0 amide bonds. The van der Waals surface area contributed by atoms with E-state index in [1.54, 1.807) is 4.68 Å². The lowest BCUT2D eigenvalue weighted by molar-refractivity contribution is 0.175. The number of piperidine rings is 1. The third-order valence-corrected chi connectivity index (χ3v) is 7.76. The fraction of sp³-hybridized carbons (Fsp3) is 0.290. The lowest BCUT2D eigenvalue weighted by atomic mass is 10.0. The molecule has 1 saturated heterocycles. The Morgan fingerprint density at radius 3 is 2.29 bits per heavy atom. The van der Waals surface area contributed by atoms with Crippen LogP contribution < -0.4 is 10.3 Å². The molecule has 0 radical (unpaired) electrons. The highest BCUT2D eigenvalue weighted by Gasteiger charge is 2.26. The van der Waals surface area contributed by atoms with Crippen molar-refractivity contribution in [2.75, 3.05) is 13.1 Å². The monoisotopic (exact) mass is 507 g/mol. The van der Waals surface area contributed by atoms with Gasteiger partial charge < -0.3 is 9.30 Å². The average Bonchev–Trinajstić information content (AvgIpc) is 3.43. The lowest BCUT2D eigenvalue weighted by Gasteiger charge is -2.33. The molecule has 7 heteroatoms. The van der Waals surface area contributed by atoms with Crippen LogP contribution in [0.25, 0.3) is 16.7 Å². The van der Waals surface area contributed by atoms with Crippen molar-refractivity contribution in [1.29, 1.82) is 0 Å². The largest absolute Gasteiger partial charge is 0.486 e. The van der Waals surface area contributed by atoms with E-state index in [1.807, 2.05) is 85.4 Å². The van der Waals surface area contributed by atoms with Crippen LogP contribution in [0.3, 0.4) is 0 Å². The first kappa shape index (κ1) is 24.2. The molecule has 7 nitrogen and oxygen atoms in total. The minimum Gasteiger partial charge on any atom is -0.486 e. The number of hydrogen-bond donors (Lipinski definition) is 0. The first-order valence-corrected chi connectivity index (χ1v) is 13.3. The molecule has 3 heterocycles. The van der Waals surface area contributed by atoms with Crippen LogP contribution in [0, 0.1) is 6.92 Å². The molecule has 0 aliphatic carbocycles. The van der Waals surface area contributed by atoms with E-state index in [9.17, 15) is 4.79 Å². The Labute approximate surface area is 222 Å². The van der Waals surface area contributed by atoms with Crippen LogP contribution in [0.4, 0.5) is 0 Å². The van der Waals surface area contributed by atoms with Crippen molar-refractivity contribution in [3.8, 4) is 11.4 Å². The zero-order valence-electron chi connectivity index (χ0n) is 22.0. The van der Waals surface area contributed by atoms with Crippen molar-refractivity contribution in [2.24, 2.45) is 7.05 Å². The van der Waals surface area contributed by atoms with Gasteiger partial charge in [0.05, 0.1) is 22.3 Å². The van der Waals surface area contributed by atoms with Crippen LogP contribution in [0.1, 0.15) is 36.0 Å². The van der Waals surface area contributed by atoms with E-state index in [2.05, 4.69) is 27.7 Å². The molecule has 0 atom stereocenters. The van der Waals surface area contributed by atoms with Gasteiger partial charge in [0.25, 0.3) is 5.56 Å². The summed E-state index contributed by atoms with van der Waals surface area (Å²) in [6.07, 6.45) is 1.99. The summed E-state index contributed by atoms with van der Waals surface area (Å²) in [5.41, 5.74) is 5.01. The van der Waals surface area contributed by atoms with Gasteiger partial charge in [0.15, 0.2) is 0 Å². The van der Waals surface area contributed by atoms with Gasteiger partial charge in [-0.2, -0.15) is 0 Å². The summed E-state index contributed by atoms with van der Waals surface area (Å²) in [5.74, 6) is 1.80.